The number of allylic oxidation sites excluding steroid dienone is 2. The lowest BCUT2D eigenvalue weighted by atomic mass is 10.1. The van der Waals surface area contributed by atoms with Gasteiger partial charge in [-0.15, -0.1) is 0 Å². The van der Waals surface area contributed by atoms with Crippen LogP contribution in [-0.2, 0) is 4.74 Å². The third-order valence-corrected chi connectivity index (χ3v) is 2.59. The lowest BCUT2D eigenvalue weighted by molar-refractivity contribution is -0.177. The van der Waals surface area contributed by atoms with Crippen molar-refractivity contribution in [3.05, 3.63) is 12.2 Å². The van der Waals surface area contributed by atoms with E-state index in [2.05, 4.69) is 16.9 Å². The van der Waals surface area contributed by atoms with E-state index in [1.54, 1.807) is 0 Å². The van der Waals surface area contributed by atoms with E-state index >= 15 is 0 Å². The Hall–Kier alpha value is -0.380. The highest BCUT2D eigenvalue weighted by molar-refractivity contribution is 5.06. The first-order valence-electron chi connectivity index (χ1n) is 5.13. The van der Waals surface area contributed by atoms with E-state index in [1.807, 2.05) is 0 Å². The summed E-state index contributed by atoms with van der Waals surface area (Å²) in [7, 11) is 1.41. The number of hydrogen-bond donors (Lipinski definition) is 2. The maximum Gasteiger partial charge on any atom is 0.183 e. The Morgan fingerprint density at radius 3 is 1.86 bits per heavy atom. The lowest BCUT2D eigenvalue weighted by Gasteiger charge is -2.12. The fourth-order valence-electron chi connectivity index (χ4n) is 1.99. The number of fused-ring (bicyclic) bond motifs is 2. The normalized spacial score (nSPS) is 28.9. The molecule has 0 spiro atoms. The summed E-state index contributed by atoms with van der Waals surface area (Å²) in [6, 6.07) is 0. The van der Waals surface area contributed by atoms with E-state index in [9.17, 15) is 0 Å². The molecular weight excluding hydrogens is 180 g/mol. The molecule has 3 nitrogen and oxygen atoms in total. The van der Waals surface area contributed by atoms with Gasteiger partial charge in [0.2, 0.25) is 0 Å². The average molecular weight is 200 g/mol. The molecule has 2 bridgehead atoms. The van der Waals surface area contributed by atoms with Gasteiger partial charge in [0.1, 0.15) is 0 Å². The van der Waals surface area contributed by atoms with Gasteiger partial charge < -0.3 is 14.9 Å². The Kier molecular flexibility index (Phi) is 4.11. The van der Waals surface area contributed by atoms with E-state index in [0.717, 1.165) is 11.8 Å². The van der Waals surface area contributed by atoms with Gasteiger partial charge in [-0.1, -0.05) is 12.2 Å². The van der Waals surface area contributed by atoms with Crippen LogP contribution in [0.15, 0.2) is 12.2 Å². The molecule has 2 N–H and O–H groups in total. The summed E-state index contributed by atoms with van der Waals surface area (Å²) in [5.41, 5.74) is 0. The standard InChI is InChI=1S/C7H10.C4H10O3/c1-2-7-4-3-6(1)5-7;1-4(5,6)3-7-2/h1-2,6-7H,3-5H2;5-6H,3H2,1-2H3. The minimum absolute atomic E-state index is 0.0486. The minimum Gasteiger partial charge on any atom is -0.379 e. The van der Waals surface area contributed by atoms with E-state index < -0.39 is 5.79 Å². The van der Waals surface area contributed by atoms with Crippen molar-refractivity contribution in [1.82, 2.24) is 0 Å². The SMILES string of the molecule is C1=CC2CCC1C2.COCC(C)(O)O. The maximum atomic E-state index is 8.45. The van der Waals surface area contributed by atoms with Gasteiger partial charge in [0.15, 0.2) is 5.79 Å². The third-order valence-electron chi connectivity index (χ3n) is 2.59. The predicted molar refractivity (Wildman–Crippen MR) is 54.7 cm³/mol. The van der Waals surface area contributed by atoms with Crippen molar-refractivity contribution >= 4 is 0 Å². The van der Waals surface area contributed by atoms with Crippen molar-refractivity contribution < 1.29 is 14.9 Å². The molecule has 14 heavy (non-hydrogen) atoms. The molecule has 0 radical (unpaired) electrons. The Morgan fingerprint density at radius 1 is 1.29 bits per heavy atom. The van der Waals surface area contributed by atoms with Gasteiger partial charge in [-0.2, -0.15) is 0 Å². The molecule has 0 aromatic rings. The molecule has 2 aliphatic carbocycles. The zero-order chi connectivity index (χ0) is 10.6. The molecule has 0 amide bonds. The summed E-state index contributed by atoms with van der Waals surface area (Å²) in [5, 5.41) is 16.9. The number of hydrogen-bond acceptors (Lipinski definition) is 3. The van der Waals surface area contributed by atoms with Crippen molar-refractivity contribution in [2.45, 2.75) is 32.0 Å². The fraction of sp³-hybridized carbons (Fsp3) is 0.818. The van der Waals surface area contributed by atoms with Gasteiger partial charge in [-0.25, -0.2) is 0 Å². The summed E-state index contributed by atoms with van der Waals surface area (Å²) in [4.78, 5) is 0. The Balaban J connectivity index is 0.000000140. The second-order valence-corrected chi connectivity index (χ2v) is 4.37. The second-order valence-electron chi connectivity index (χ2n) is 4.37. The molecule has 2 atom stereocenters. The smallest absolute Gasteiger partial charge is 0.183 e. The van der Waals surface area contributed by atoms with Crippen LogP contribution < -0.4 is 0 Å². The van der Waals surface area contributed by atoms with Crippen LogP contribution >= 0.6 is 0 Å². The summed E-state index contributed by atoms with van der Waals surface area (Å²) >= 11 is 0. The number of aliphatic hydroxyl groups is 2. The monoisotopic (exact) mass is 200 g/mol. The number of ether oxygens (including phenoxy) is 1. The first kappa shape index (κ1) is 11.7. The molecule has 0 heterocycles. The molecule has 0 aromatic carbocycles. The van der Waals surface area contributed by atoms with Gasteiger partial charge in [0.05, 0.1) is 6.61 Å². The highest BCUT2D eigenvalue weighted by Crippen LogP contribution is 2.38. The van der Waals surface area contributed by atoms with Crippen LogP contribution in [-0.4, -0.2) is 29.7 Å². The number of methoxy groups -OCH3 is 1. The van der Waals surface area contributed by atoms with Crippen molar-refractivity contribution in [1.29, 1.82) is 0 Å². The summed E-state index contributed by atoms with van der Waals surface area (Å²) in [6.45, 7) is 1.21. The average Bonchev–Trinajstić information content (AvgIpc) is 2.64. The zero-order valence-corrected chi connectivity index (χ0v) is 8.94. The molecule has 2 unspecified atom stereocenters. The van der Waals surface area contributed by atoms with E-state index in [1.165, 1.54) is 33.3 Å². The summed E-state index contributed by atoms with van der Waals surface area (Å²) in [5.74, 6) is 0.310. The Bertz CT molecular complexity index is 181. The zero-order valence-electron chi connectivity index (χ0n) is 8.94. The van der Waals surface area contributed by atoms with Crippen LogP contribution in [0.4, 0.5) is 0 Å². The van der Waals surface area contributed by atoms with Gasteiger partial charge in [-0.3, -0.25) is 0 Å². The quantitative estimate of drug-likeness (QED) is 0.522. The van der Waals surface area contributed by atoms with Crippen molar-refractivity contribution in [3.63, 3.8) is 0 Å². The minimum atomic E-state index is -1.67. The molecule has 2 aliphatic rings. The largest absolute Gasteiger partial charge is 0.379 e. The van der Waals surface area contributed by atoms with Crippen LogP contribution in [0.2, 0.25) is 0 Å². The molecule has 3 heteroatoms. The van der Waals surface area contributed by atoms with Crippen LogP contribution in [0.3, 0.4) is 0 Å². The molecule has 1 fully saturated rings. The molecule has 1 saturated carbocycles. The predicted octanol–water partition coefficient (Wildman–Crippen LogP) is 1.31. The lowest BCUT2D eigenvalue weighted by Crippen LogP contribution is -2.28. The molecule has 2 rings (SSSR count). The highest BCUT2D eigenvalue weighted by atomic mass is 16.6. The first-order valence-corrected chi connectivity index (χ1v) is 5.13. The Morgan fingerprint density at radius 2 is 1.79 bits per heavy atom. The third kappa shape index (κ3) is 4.22. The van der Waals surface area contributed by atoms with Gasteiger partial charge >= 0.3 is 0 Å². The maximum absolute atomic E-state index is 8.45. The molecular formula is C11H20O3. The van der Waals surface area contributed by atoms with Crippen molar-refractivity contribution in [2.75, 3.05) is 13.7 Å². The van der Waals surface area contributed by atoms with Crippen LogP contribution in [0, 0.1) is 11.8 Å². The van der Waals surface area contributed by atoms with E-state index in [-0.39, 0.29) is 6.61 Å². The summed E-state index contributed by atoms with van der Waals surface area (Å²) in [6.07, 6.45) is 9.19. The molecule has 0 aliphatic heterocycles. The van der Waals surface area contributed by atoms with Crippen LogP contribution in [0.25, 0.3) is 0 Å². The van der Waals surface area contributed by atoms with Crippen molar-refractivity contribution in [2.24, 2.45) is 11.8 Å². The number of rotatable bonds is 2. The molecule has 0 saturated heterocycles. The Labute approximate surface area is 85.4 Å². The second kappa shape index (κ2) is 4.91. The van der Waals surface area contributed by atoms with Crippen LogP contribution in [0.1, 0.15) is 26.2 Å². The van der Waals surface area contributed by atoms with Gasteiger partial charge in [0.25, 0.3) is 0 Å². The first-order chi connectivity index (χ1) is 6.51. The highest BCUT2D eigenvalue weighted by Gasteiger charge is 2.25. The topological polar surface area (TPSA) is 49.7 Å². The molecule has 82 valence electrons. The molecule has 0 aromatic heterocycles. The van der Waals surface area contributed by atoms with Gasteiger partial charge in [-0.05, 0) is 38.0 Å². The van der Waals surface area contributed by atoms with E-state index in [0.29, 0.717) is 0 Å². The van der Waals surface area contributed by atoms with Crippen LogP contribution in [0.5, 0.6) is 0 Å². The summed E-state index contributed by atoms with van der Waals surface area (Å²) < 4.78 is 4.41. The van der Waals surface area contributed by atoms with Crippen molar-refractivity contribution in [3.8, 4) is 0 Å². The fourth-order valence-corrected chi connectivity index (χ4v) is 1.99. The van der Waals surface area contributed by atoms with E-state index in [4.69, 9.17) is 10.2 Å². The van der Waals surface area contributed by atoms with Gasteiger partial charge in [0, 0.05) is 7.11 Å².